The Labute approximate surface area is 285 Å². The summed E-state index contributed by atoms with van der Waals surface area (Å²) < 4.78 is 2.38. The van der Waals surface area contributed by atoms with Crippen LogP contribution in [0.1, 0.15) is 0 Å². The second kappa shape index (κ2) is 11.0. The molecule has 2 aromatic heterocycles. The highest BCUT2D eigenvalue weighted by molar-refractivity contribution is 7.22. The largest absolute Gasteiger partial charge is 0.236 e. The van der Waals surface area contributed by atoms with Crippen LogP contribution in [-0.4, -0.2) is 9.97 Å². The first-order valence-corrected chi connectivity index (χ1v) is 17.7. The van der Waals surface area contributed by atoms with E-state index < -0.39 is 0 Å². The van der Waals surface area contributed by atoms with Gasteiger partial charge in [-0.05, 0) is 103 Å². The maximum Gasteiger partial charge on any atom is 0.124 e. The first-order chi connectivity index (χ1) is 23.7. The lowest BCUT2D eigenvalue weighted by molar-refractivity contribution is 1.48. The fourth-order valence-corrected chi connectivity index (χ4v) is 8.70. The number of thiazole rings is 2. The van der Waals surface area contributed by atoms with Gasteiger partial charge in [0, 0.05) is 11.1 Å². The van der Waals surface area contributed by atoms with Gasteiger partial charge in [-0.3, -0.25) is 0 Å². The Kier molecular flexibility index (Phi) is 6.26. The van der Waals surface area contributed by atoms with Crippen LogP contribution in [0.25, 0.3) is 96.1 Å². The topological polar surface area (TPSA) is 25.8 Å². The quantitative estimate of drug-likeness (QED) is 0.190. The van der Waals surface area contributed by atoms with Crippen LogP contribution in [0.3, 0.4) is 0 Å². The Balaban J connectivity index is 0.972. The zero-order chi connectivity index (χ0) is 31.6. The van der Waals surface area contributed by atoms with Crippen molar-refractivity contribution in [1.82, 2.24) is 9.97 Å². The van der Waals surface area contributed by atoms with E-state index in [-0.39, 0.29) is 0 Å². The van der Waals surface area contributed by atoms with Gasteiger partial charge in [-0.15, -0.1) is 22.7 Å². The molecule has 0 atom stereocenters. The van der Waals surface area contributed by atoms with Crippen LogP contribution in [0, 0.1) is 0 Å². The van der Waals surface area contributed by atoms with Gasteiger partial charge in [-0.1, -0.05) is 109 Å². The van der Waals surface area contributed by atoms with E-state index in [4.69, 9.17) is 9.97 Å². The predicted molar refractivity (Wildman–Crippen MR) is 207 cm³/mol. The van der Waals surface area contributed by atoms with Gasteiger partial charge in [0.15, 0.2) is 0 Å². The Hall–Kier alpha value is -5.68. The molecule has 8 aromatic carbocycles. The van der Waals surface area contributed by atoms with Crippen molar-refractivity contribution < 1.29 is 0 Å². The first kappa shape index (κ1) is 27.4. The summed E-state index contributed by atoms with van der Waals surface area (Å²) >= 11 is 3.51. The lowest BCUT2D eigenvalue weighted by atomic mass is 10.00. The van der Waals surface area contributed by atoms with Crippen molar-refractivity contribution in [1.29, 1.82) is 0 Å². The van der Waals surface area contributed by atoms with Crippen molar-refractivity contribution in [2.24, 2.45) is 0 Å². The fraction of sp³-hybridized carbons (Fsp3) is 0. The van der Waals surface area contributed by atoms with Crippen LogP contribution in [0.4, 0.5) is 0 Å². The van der Waals surface area contributed by atoms with Crippen LogP contribution in [0.2, 0.25) is 0 Å². The summed E-state index contributed by atoms with van der Waals surface area (Å²) in [6.07, 6.45) is 0. The molecule has 0 amide bonds. The Morgan fingerprint density at radius 1 is 0.292 bits per heavy atom. The van der Waals surface area contributed by atoms with Crippen molar-refractivity contribution in [2.75, 3.05) is 0 Å². The van der Waals surface area contributed by atoms with Gasteiger partial charge < -0.3 is 0 Å². The molecule has 0 aliphatic rings. The first-order valence-electron chi connectivity index (χ1n) is 16.0. The highest BCUT2D eigenvalue weighted by atomic mass is 32.1. The molecule has 2 heterocycles. The Morgan fingerprint density at radius 2 is 0.667 bits per heavy atom. The average molecular weight is 647 g/mol. The minimum atomic E-state index is 1.04. The Morgan fingerprint density at radius 3 is 1.08 bits per heavy atom. The summed E-state index contributed by atoms with van der Waals surface area (Å²) in [5, 5.41) is 9.40. The molecule has 0 radical (unpaired) electrons. The standard InChI is InChI=1S/C44H26N2S2/c1-3-7-27(8-4-1)29-11-13-33-21-35(17-15-31(33)19-29)43-45-39-23-37-26-42-40(24-38(37)25-41(39)47-43)46-44(48-42)36-18-16-32-20-30(12-14-34(32)22-36)28-9-5-2-6-10-28/h1-26H. The molecule has 0 spiro atoms. The van der Waals surface area contributed by atoms with Gasteiger partial charge in [-0.25, -0.2) is 9.97 Å². The number of nitrogens with zero attached hydrogens (tertiary/aromatic N) is 2. The monoisotopic (exact) mass is 646 g/mol. The molecule has 0 saturated carbocycles. The summed E-state index contributed by atoms with van der Waals surface area (Å²) in [7, 11) is 0. The lowest BCUT2D eigenvalue weighted by Gasteiger charge is -2.05. The molecular weight excluding hydrogens is 621 g/mol. The molecule has 0 saturated heterocycles. The molecule has 0 unspecified atom stereocenters. The maximum atomic E-state index is 5.10. The number of fused-ring (bicyclic) bond motifs is 5. The van der Waals surface area contributed by atoms with Crippen molar-refractivity contribution >= 4 is 75.4 Å². The molecule has 0 bridgehead atoms. The summed E-state index contributed by atoms with van der Waals surface area (Å²) in [5.74, 6) is 0. The molecular formula is C44H26N2S2. The fourth-order valence-electron chi connectivity index (χ4n) is 6.72. The molecule has 4 heteroatoms. The van der Waals surface area contributed by atoms with Crippen LogP contribution in [-0.2, 0) is 0 Å². The normalized spacial score (nSPS) is 11.8. The van der Waals surface area contributed by atoms with Crippen LogP contribution >= 0.6 is 22.7 Å². The summed E-state index contributed by atoms with van der Waals surface area (Å²) in [6.45, 7) is 0. The third-order valence-corrected chi connectivity index (χ3v) is 11.4. The zero-order valence-electron chi connectivity index (χ0n) is 25.7. The van der Waals surface area contributed by atoms with Crippen LogP contribution in [0.15, 0.2) is 158 Å². The van der Waals surface area contributed by atoms with Gasteiger partial charge in [0.05, 0.1) is 20.4 Å². The van der Waals surface area contributed by atoms with E-state index in [2.05, 4.69) is 158 Å². The summed E-state index contributed by atoms with van der Waals surface area (Å²) in [4.78, 5) is 10.2. The molecule has 2 nitrogen and oxygen atoms in total. The van der Waals surface area contributed by atoms with E-state index in [1.54, 1.807) is 22.7 Å². The molecule has 0 aliphatic heterocycles. The van der Waals surface area contributed by atoms with Gasteiger partial charge in [0.1, 0.15) is 10.0 Å². The second-order valence-electron chi connectivity index (χ2n) is 12.3. The lowest BCUT2D eigenvalue weighted by Crippen LogP contribution is -1.81. The molecule has 10 aromatic rings. The van der Waals surface area contributed by atoms with Gasteiger partial charge in [0.25, 0.3) is 0 Å². The third kappa shape index (κ3) is 4.77. The van der Waals surface area contributed by atoms with Crippen molar-refractivity contribution in [2.45, 2.75) is 0 Å². The predicted octanol–water partition coefficient (Wildman–Crippen LogP) is 13.0. The van der Waals surface area contributed by atoms with Gasteiger partial charge >= 0.3 is 0 Å². The smallest absolute Gasteiger partial charge is 0.124 e. The highest BCUT2D eigenvalue weighted by Crippen LogP contribution is 2.38. The van der Waals surface area contributed by atoms with E-state index >= 15 is 0 Å². The van der Waals surface area contributed by atoms with E-state index in [1.807, 2.05) is 0 Å². The van der Waals surface area contributed by atoms with Crippen molar-refractivity contribution in [3.05, 3.63) is 158 Å². The minimum absolute atomic E-state index is 1.04. The molecule has 0 fully saturated rings. The number of rotatable bonds is 4. The number of hydrogen-bond donors (Lipinski definition) is 0. The van der Waals surface area contributed by atoms with Gasteiger partial charge in [0.2, 0.25) is 0 Å². The second-order valence-corrected chi connectivity index (χ2v) is 14.4. The van der Waals surface area contributed by atoms with E-state index in [1.165, 1.54) is 64.0 Å². The van der Waals surface area contributed by atoms with Crippen molar-refractivity contribution in [3.8, 4) is 43.4 Å². The van der Waals surface area contributed by atoms with E-state index in [0.717, 1.165) is 32.2 Å². The zero-order valence-corrected chi connectivity index (χ0v) is 27.4. The number of benzene rings is 8. The Bertz CT molecular complexity index is 2570. The molecule has 48 heavy (non-hydrogen) atoms. The third-order valence-electron chi connectivity index (χ3n) is 9.24. The summed E-state index contributed by atoms with van der Waals surface area (Å²) in [5.41, 5.74) is 9.32. The van der Waals surface area contributed by atoms with Crippen molar-refractivity contribution in [3.63, 3.8) is 0 Å². The number of hydrogen-bond acceptors (Lipinski definition) is 4. The summed E-state index contributed by atoms with van der Waals surface area (Å²) in [6, 6.07) is 56.9. The minimum Gasteiger partial charge on any atom is -0.236 e. The number of aromatic nitrogens is 2. The molecule has 0 aliphatic carbocycles. The average Bonchev–Trinajstić information content (AvgIpc) is 3.76. The molecule has 0 N–H and O–H groups in total. The SMILES string of the molecule is c1ccc(-c2ccc3cc(-c4nc5cc6cc7sc(-c8ccc9cc(-c%10ccccc%10)ccc9c8)nc7cc6cc5s4)ccc3c2)cc1. The highest BCUT2D eigenvalue weighted by Gasteiger charge is 2.13. The molecule has 224 valence electrons. The maximum absolute atomic E-state index is 5.10. The van der Waals surface area contributed by atoms with Gasteiger partial charge in [-0.2, -0.15) is 0 Å². The van der Waals surface area contributed by atoms with E-state index in [0.29, 0.717) is 0 Å². The van der Waals surface area contributed by atoms with Crippen LogP contribution < -0.4 is 0 Å². The van der Waals surface area contributed by atoms with Crippen LogP contribution in [0.5, 0.6) is 0 Å². The van der Waals surface area contributed by atoms with E-state index in [9.17, 15) is 0 Å². The molecule has 10 rings (SSSR count).